The Morgan fingerprint density at radius 3 is 2.29 bits per heavy atom. The fraction of sp³-hybridized carbons (Fsp3) is 0.391. The molecule has 2 atom stereocenters. The second-order valence-corrected chi connectivity index (χ2v) is 7.88. The van der Waals surface area contributed by atoms with Gasteiger partial charge in [-0.05, 0) is 55.7 Å². The molecule has 1 aliphatic carbocycles. The molecule has 1 heterocycles. The Hall–Kier alpha value is -2.82. The Morgan fingerprint density at radius 2 is 1.61 bits per heavy atom. The van der Waals surface area contributed by atoms with Crippen LogP contribution in [0.4, 0.5) is 11.4 Å². The lowest BCUT2D eigenvalue weighted by Crippen LogP contribution is -2.49. The van der Waals surface area contributed by atoms with Crippen molar-refractivity contribution in [1.29, 1.82) is 0 Å². The molecule has 4 rings (SSSR count). The van der Waals surface area contributed by atoms with Crippen LogP contribution in [-0.2, 0) is 9.59 Å². The van der Waals surface area contributed by atoms with Gasteiger partial charge >= 0.3 is 0 Å². The first-order chi connectivity index (χ1) is 13.5. The number of nitrogens with one attached hydrogen (secondary N) is 1. The third-order valence-corrected chi connectivity index (χ3v) is 5.93. The van der Waals surface area contributed by atoms with Crippen molar-refractivity contribution < 1.29 is 9.59 Å². The molecule has 146 valence electrons. The molecule has 0 bridgehead atoms. The number of aryl methyl sites for hydroxylation is 2. The highest BCUT2D eigenvalue weighted by Gasteiger charge is 2.49. The van der Waals surface area contributed by atoms with Gasteiger partial charge in [0.1, 0.15) is 0 Å². The van der Waals surface area contributed by atoms with Crippen LogP contribution in [0.1, 0.15) is 17.5 Å². The molecule has 2 aromatic carbocycles. The van der Waals surface area contributed by atoms with E-state index in [0.29, 0.717) is 6.42 Å². The van der Waals surface area contributed by atoms with Gasteiger partial charge in [0.2, 0.25) is 11.8 Å². The number of rotatable bonds is 4. The van der Waals surface area contributed by atoms with Crippen LogP contribution in [0, 0.1) is 25.7 Å². The predicted octanol–water partition coefficient (Wildman–Crippen LogP) is 3.23. The zero-order valence-electron chi connectivity index (χ0n) is 16.5. The van der Waals surface area contributed by atoms with Crippen LogP contribution >= 0.6 is 0 Å². The van der Waals surface area contributed by atoms with Crippen LogP contribution in [0.2, 0.25) is 0 Å². The number of benzene rings is 2. The fourth-order valence-electron chi connectivity index (χ4n) is 3.87. The topological polar surface area (TPSA) is 52.7 Å². The van der Waals surface area contributed by atoms with E-state index in [4.69, 9.17) is 0 Å². The molecule has 2 aliphatic rings. The molecule has 1 saturated carbocycles. The lowest BCUT2D eigenvalue weighted by Gasteiger charge is -2.36. The number of hydrogen-bond donors (Lipinski definition) is 1. The molecule has 0 radical (unpaired) electrons. The van der Waals surface area contributed by atoms with Crippen molar-refractivity contribution in [3.63, 3.8) is 0 Å². The number of nitrogens with zero attached hydrogens (tertiary/aromatic N) is 2. The molecule has 1 saturated heterocycles. The van der Waals surface area contributed by atoms with E-state index < -0.39 is 0 Å². The smallest absolute Gasteiger partial charge is 0.228 e. The molecule has 28 heavy (non-hydrogen) atoms. The summed E-state index contributed by atoms with van der Waals surface area (Å²) < 4.78 is 0. The minimum Gasteiger partial charge on any atom is -0.368 e. The van der Waals surface area contributed by atoms with Gasteiger partial charge in [0.25, 0.3) is 0 Å². The number of piperazine rings is 1. The van der Waals surface area contributed by atoms with E-state index in [2.05, 4.69) is 22.3 Å². The molecule has 2 unspecified atom stereocenters. The summed E-state index contributed by atoms with van der Waals surface area (Å²) >= 11 is 0. The summed E-state index contributed by atoms with van der Waals surface area (Å²) in [5.74, 6) is -0.256. The van der Waals surface area contributed by atoms with E-state index in [0.717, 1.165) is 37.4 Å². The summed E-state index contributed by atoms with van der Waals surface area (Å²) in [5.41, 5.74) is 4.36. The third kappa shape index (κ3) is 3.88. The van der Waals surface area contributed by atoms with Gasteiger partial charge in [0.15, 0.2) is 0 Å². The maximum Gasteiger partial charge on any atom is 0.228 e. The summed E-state index contributed by atoms with van der Waals surface area (Å²) in [5, 5.41) is 2.97. The monoisotopic (exact) mass is 377 g/mol. The van der Waals surface area contributed by atoms with E-state index in [-0.39, 0.29) is 23.7 Å². The zero-order chi connectivity index (χ0) is 19.7. The number of anilines is 2. The normalized spacial score (nSPS) is 21.4. The Balaban J connectivity index is 1.28. The van der Waals surface area contributed by atoms with Crippen molar-refractivity contribution in [1.82, 2.24) is 4.90 Å². The minimum atomic E-state index is -0.193. The van der Waals surface area contributed by atoms with Crippen molar-refractivity contribution in [3.05, 3.63) is 59.7 Å². The second-order valence-electron chi connectivity index (χ2n) is 7.88. The van der Waals surface area contributed by atoms with Gasteiger partial charge in [0.05, 0.1) is 11.8 Å². The Labute approximate surface area is 166 Å². The van der Waals surface area contributed by atoms with Crippen molar-refractivity contribution >= 4 is 23.2 Å². The quantitative estimate of drug-likeness (QED) is 0.890. The minimum absolute atomic E-state index is 0.0375. The summed E-state index contributed by atoms with van der Waals surface area (Å²) in [7, 11) is 0. The van der Waals surface area contributed by atoms with Crippen LogP contribution in [-0.4, -0.2) is 42.9 Å². The number of carbonyl (C=O) groups excluding carboxylic acids is 2. The number of amides is 2. The standard InChI is InChI=1S/C23H27N3O2/c1-16-8-9-18(14-17(16)2)24-22(27)20-15-21(20)23(28)26-12-10-25(11-13-26)19-6-4-3-5-7-19/h3-9,14,20-21H,10-13,15H2,1-2H3,(H,24,27). The van der Waals surface area contributed by atoms with Crippen molar-refractivity contribution in [2.45, 2.75) is 20.3 Å². The van der Waals surface area contributed by atoms with E-state index in [9.17, 15) is 9.59 Å². The summed E-state index contributed by atoms with van der Waals surface area (Å²) in [6.45, 7) is 7.19. The van der Waals surface area contributed by atoms with Gasteiger partial charge in [-0.1, -0.05) is 24.3 Å². The highest BCUT2D eigenvalue weighted by molar-refractivity contribution is 5.99. The molecular weight excluding hydrogens is 350 g/mol. The Kier molecular flexibility index (Phi) is 5.07. The molecule has 1 aliphatic heterocycles. The van der Waals surface area contributed by atoms with Gasteiger partial charge in [-0.15, -0.1) is 0 Å². The lowest BCUT2D eigenvalue weighted by molar-refractivity contribution is -0.134. The van der Waals surface area contributed by atoms with Crippen LogP contribution in [0.15, 0.2) is 48.5 Å². The number of para-hydroxylation sites is 1. The molecule has 5 heteroatoms. The molecule has 1 N–H and O–H groups in total. The molecule has 0 aromatic heterocycles. The zero-order valence-corrected chi connectivity index (χ0v) is 16.5. The second kappa shape index (κ2) is 7.66. The highest BCUT2D eigenvalue weighted by Crippen LogP contribution is 2.41. The van der Waals surface area contributed by atoms with Crippen LogP contribution < -0.4 is 10.2 Å². The highest BCUT2D eigenvalue weighted by atomic mass is 16.2. The maximum absolute atomic E-state index is 12.8. The SMILES string of the molecule is Cc1ccc(NC(=O)C2CC2C(=O)N2CCN(c3ccccc3)CC2)cc1C. The Bertz CT molecular complexity index is 873. The molecule has 5 nitrogen and oxygen atoms in total. The molecular formula is C23H27N3O2. The predicted molar refractivity (Wildman–Crippen MR) is 111 cm³/mol. The van der Waals surface area contributed by atoms with Crippen LogP contribution in [0.3, 0.4) is 0 Å². The fourth-order valence-corrected chi connectivity index (χ4v) is 3.87. The van der Waals surface area contributed by atoms with Crippen LogP contribution in [0.25, 0.3) is 0 Å². The van der Waals surface area contributed by atoms with Gasteiger partial charge in [-0.3, -0.25) is 9.59 Å². The van der Waals surface area contributed by atoms with E-state index in [1.807, 2.05) is 55.1 Å². The average molecular weight is 377 g/mol. The first-order valence-electron chi connectivity index (χ1n) is 10.00. The maximum atomic E-state index is 12.8. The Morgan fingerprint density at radius 1 is 0.893 bits per heavy atom. The lowest BCUT2D eigenvalue weighted by atomic mass is 10.1. The third-order valence-electron chi connectivity index (χ3n) is 5.93. The van der Waals surface area contributed by atoms with Gasteiger partial charge in [-0.2, -0.15) is 0 Å². The summed E-state index contributed by atoms with van der Waals surface area (Å²) in [6, 6.07) is 16.2. The first-order valence-corrected chi connectivity index (χ1v) is 10.00. The molecule has 0 spiro atoms. The summed E-state index contributed by atoms with van der Waals surface area (Å²) in [6.07, 6.45) is 0.661. The van der Waals surface area contributed by atoms with E-state index >= 15 is 0 Å². The molecule has 2 amide bonds. The van der Waals surface area contributed by atoms with Gasteiger partial charge < -0.3 is 15.1 Å². The molecule has 2 fully saturated rings. The van der Waals surface area contributed by atoms with Gasteiger partial charge in [0, 0.05) is 37.6 Å². The summed E-state index contributed by atoms with van der Waals surface area (Å²) in [4.78, 5) is 29.5. The average Bonchev–Trinajstić information content (AvgIpc) is 3.52. The first kappa shape index (κ1) is 18.5. The van der Waals surface area contributed by atoms with Crippen molar-refractivity contribution in [2.75, 3.05) is 36.4 Å². The van der Waals surface area contributed by atoms with Crippen LogP contribution in [0.5, 0.6) is 0 Å². The van der Waals surface area contributed by atoms with Gasteiger partial charge in [-0.25, -0.2) is 0 Å². The number of carbonyl (C=O) groups is 2. The van der Waals surface area contributed by atoms with E-state index in [1.165, 1.54) is 11.3 Å². The number of hydrogen-bond acceptors (Lipinski definition) is 3. The largest absolute Gasteiger partial charge is 0.368 e. The van der Waals surface area contributed by atoms with Crippen molar-refractivity contribution in [3.8, 4) is 0 Å². The molecule has 2 aromatic rings. The van der Waals surface area contributed by atoms with Crippen molar-refractivity contribution in [2.24, 2.45) is 11.8 Å². The van der Waals surface area contributed by atoms with E-state index in [1.54, 1.807) is 0 Å².